The molecule has 2 rings (SSSR count). The Kier molecular flexibility index (Phi) is 6.84. The first-order chi connectivity index (χ1) is 11.8. The van der Waals surface area contributed by atoms with Gasteiger partial charge in [0.2, 0.25) is 0 Å². The van der Waals surface area contributed by atoms with E-state index in [0.717, 1.165) is 5.69 Å². The second-order valence-electron chi connectivity index (χ2n) is 4.40. The van der Waals surface area contributed by atoms with Gasteiger partial charge in [-0.2, -0.15) is 0 Å². The van der Waals surface area contributed by atoms with Crippen LogP contribution in [0.15, 0.2) is 36.5 Å². The zero-order valence-corrected chi connectivity index (χ0v) is 12.5. The van der Waals surface area contributed by atoms with Crippen LogP contribution in [-0.2, 0) is 6.42 Å². The molecule has 2 N–H and O–H groups in total. The zero-order chi connectivity index (χ0) is 19.0. The van der Waals surface area contributed by atoms with Gasteiger partial charge < -0.3 is 10.2 Å². The van der Waals surface area contributed by atoms with Crippen molar-refractivity contribution in [2.24, 2.45) is 0 Å². The fourth-order valence-electron chi connectivity index (χ4n) is 1.63. The highest BCUT2D eigenvalue weighted by Crippen LogP contribution is 2.38. The van der Waals surface area contributed by atoms with Crippen LogP contribution >= 0.6 is 0 Å². The number of phenolic OH excluding ortho intramolecular Hbond substituents is 1. The Morgan fingerprint density at radius 1 is 0.960 bits per heavy atom. The molecule has 0 atom stereocenters. The number of aromatic hydroxyl groups is 1. The fraction of sp³-hybridized carbons (Fsp3) is 0.154. The van der Waals surface area contributed by atoms with Gasteiger partial charge in [-0.3, -0.25) is 35.3 Å². The standard InChI is InChI=1S/C7H9NO.C6H3N3O7/c9-6-4-7-3-1-2-5-8-7;10-6-4(8(13)14)1-3(7(11)12)2-5(6)9(15)16/h1-3,5,9H,4,6H2;1-2,10H. The monoisotopic (exact) mass is 352 g/mol. The minimum Gasteiger partial charge on any atom is -0.497 e. The van der Waals surface area contributed by atoms with Crippen molar-refractivity contribution in [3.63, 3.8) is 0 Å². The molecule has 0 radical (unpaired) electrons. The van der Waals surface area contributed by atoms with Gasteiger partial charge in [0.25, 0.3) is 11.4 Å². The Morgan fingerprint density at radius 2 is 1.52 bits per heavy atom. The molecule has 12 nitrogen and oxygen atoms in total. The van der Waals surface area contributed by atoms with Crippen molar-refractivity contribution in [3.05, 3.63) is 72.6 Å². The van der Waals surface area contributed by atoms with Gasteiger partial charge >= 0.3 is 11.4 Å². The number of phenols is 1. The molecule has 0 unspecified atom stereocenters. The summed E-state index contributed by atoms with van der Waals surface area (Å²) in [4.78, 5) is 31.8. The van der Waals surface area contributed by atoms with E-state index in [2.05, 4.69) is 4.98 Å². The van der Waals surface area contributed by atoms with Crippen molar-refractivity contribution in [1.29, 1.82) is 0 Å². The summed E-state index contributed by atoms with van der Waals surface area (Å²) in [5.74, 6) is -1.21. The number of aliphatic hydroxyl groups is 1. The number of benzene rings is 1. The van der Waals surface area contributed by atoms with Crippen LogP contribution in [0.1, 0.15) is 5.69 Å². The van der Waals surface area contributed by atoms with E-state index in [9.17, 15) is 30.3 Å². The van der Waals surface area contributed by atoms with Crippen LogP contribution in [0.25, 0.3) is 0 Å². The number of nitro benzene ring substituents is 3. The van der Waals surface area contributed by atoms with Crippen LogP contribution in [0.5, 0.6) is 5.75 Å². The molecule has 0 aliphatic rings. The normalized spacial score (nSPS) is 9.64. The number of nitro groups is 3. The molecule has 0 fully saturated rings. The summed E-state index contributed by atoms with van der Waals surface area (Å²) in [6.07, 6.45) is 2.38. The zero-order valence-electron chi connectivity index (χ0n) is 12.5. The second-order valence-corrected chi connectivity index (χ2v) is 4.40. The highest BCUT2D eigenvalue weighted by molar-refractivity contribution is 5.64. The summed E-state index contributed by atoms with van der Waals surface area (Å²) in [5, 5.41) is 48.7. The predicted molar refractivity (Wildman–Crippen MR) is 83.1 cm³/mol. The Morgan fingerprint density at radius 3 is 1.88 bits per heavy atom. The first-order valence-electron chi connectivity index (χ1n) is 6.58. The largest absolute Gasteiger partial charge is 0.497 e. The lowest BCUT2D eigenvalue weighted by atomic mass is 10.2. The number of pyridine rings is 1. The maximum absolute atomic E-state index is 10.4. The summed E-state index contributed by atoms with van der Waals surface area (Å²) >= 11 is 0. The van der Waals surface area contributed by atoms with Gasteiger partial charge in [0.05, 0.1) is 26.9 Å². The summed E-state index contributed by atoms with van der Waals surface area (Å²) in [5.41, 5.74) is -2.06. The molecule has 0 saturated carbocycles. The van der Waals surface area contributed by atoms with E-state index >= 15 is 0 Å². The van der Waals surface area contributed by atoms with Crippen molar-refractivity contribution in [2.45, 2.75) is 6.42 Å². The average Bonchev–Trinajstić information content (AvgIpc) is 2.56. The summed E-state index contributed by atoms with van der Waals surface area (Å²) in [6.45, 7) is 0.178. The number of rotatable bonds is 5. The lowest BCUT2D eigenvalue weighted by Crippen LogP contribution is -1.97. The van der Waals surface area contributed by atoms with Crippen LogP contribution in [0, 0.1) is 30.3 Å². The minimum absolute atomic E-state index is 0.178. The number of nitrogens with zero attached hydrogens (tertiary/aromatic N) is 4. The molecule has 12 heteroatoms. The maximum Gasteiger partial charge on any atom is 0.324 e. The third kappa shape index (κ3) is 5.47. The van der Waals surface area contributed by atoms with Gasteiger partial charge in [-0.25, -0.2) is 0 Å². The summed E-state index contributed by atoms with van der Waals surface area (Å²) in [6, 6.07) is 6.57. The number of hydrogen-bond donors (Lipinski definition) is 2. The first kappa shape index (κ1) is 19.4. The smallest absolute Gasteiger partial charge is 0.324 e. The Labute approximate surface area is 139 Å². The van der Waals surface area contributed by atoms with Crippen LogP contribution in [0.3, 0.4) is 0 Å². The lowest BCUT2D eigenvalue weighted by Gasteiger charge is -1.97. The topological polar surface area (TPSA) is 183 Å². The maximum atomic E-state index is 10.4. The van der Waals surface area contributed by atoms with Crippen molar-refractivity contribution >= 4 is 17.1 Å². The van der Waals surface area contributed by atoms with Crippen LogP contribution in [0.2, 0.25) is 0 Å². The molecule has 132 valence electrons. The van der Waals surface area contributed by atoms with Gasteiger partial charge in [0.1, 0.15) is 0 Å². The van der Waals surface area contributed by atoms with E-state index in [-0.39, 0.29) is 6.61 Å². The number of aliphatic hydroxyl groups excluding tert-OH is 1. The second kappa shape index (κ2) is 8.83. The molecule has 1 aromatic heterocycles. The van der Waals surface area contributed by atoms with Crippen molar-refractivity contribution in [3.8, 4) is 5.75 Å². The molecule has 0 saturated heterocycles. The molecular formula is C13H12N4O8. The molecule has 0 amide bonds. The third-order valence-electron chi connectivity index (χ3n) is 2.75. The molecule has 1 aromatic carbocycles. The summed E-state index contributed by atoms with van der Waals surface area (Å²) < 4.78 is 0. The Bertz CT molecular complexity index is 746. The molecule has 1 heterocycles. The van der Waals surface area contributed by atoms with Crippen molar-refractivity contribution < 1.29 is 25.0 Å². The number of aromatic nitrogens is 1. The van der Waals surface area contributed by atoms with E-state index in [1.807, 2.05) is 18.2 Å². The van der Waals surface area contributed by atoms with Crippen molar-refractivity contribution in [1.82, 2.24) is 4.98 Å². The van der Waals surface area contributed by atoms with Gasteiger partial charge in [-0.1, -0.05) is 6.07 Å². The highest BCUT2D eigenvalue weighted by Gasteiger charge is 2.30. The minimum atomic E-state index is -1.21. The summed E-state index contributed by atoms with van der Waals surface area (Å²) in [7, 11) is 0. The van der Waals surface area contributed by atoms with Gasteiger partial charge in [0, 0.05) is 24.9 Å². The fourth-order valence-corrected chi connectivity index (χ4v) is 1.63. The molecule has 0 bridgehead atoms. The third-order valence-corrected chi connectivity index (χ3v) is 2.75. The average molecular weight is 352 g/mol. The van der Waals surface area contributed by atoms with E-state index in [1.54, 1.807) is 6.20 Å². The van der Waals surface area contributed by atoms with Gasteiger partial charge in [0.15, 0.2) is 0 Å². The molecular weight excluding hydrogens is 340 g/mol. The lowest BCUT2D eigenvalue weighted by molar-refractivity contribution is -0.404. The van der Waals surface area contributed by atoms with E-state index in [0.29, 0.717) is 18.6 Å². The van der Waals surface area contributed by atoms with Crippen LogP contribution in [-0.4, -0.2) is 36.6 Å². The molecule has 25 heavy (non-hydrogen) atoms. The van der Waals surface area contributed by atoms with Crippen LogP contribution in [0.4, 0.5) is 17.1 Å². The van der Waals surface area contributed by atoms with Crippen molar-refractivity contribution in [2.75, 3.05) is 6.61 Å². The van der Waals surface area contributed by atoms with Crippen LogP contribution < -0.4 is 0 Å². The number of non-ortho nitro benzene ring substituents is 1. The SMILES string of the molecule is O=[N+]([O-])c1cc([N+](=O)[O-])c(O)c([N+](=O)[O-])c1.OCCc1ccccn1. The van der Waals surface area contributed by atoms with E-state index in [1.165, 1.54) is 0 Å². The Balaban J connectivity index is 0.000000293. The quantitative estimate of drug-likeness (QED) is 0.597. The first-order valence-corrected chi connectivity index (χ1v) is 6.58. The molecule has 0 spiro atoms. The molecule has 0 aliphatic carbocycles. The number of hydrogen-bond acceptors (Lipinski definition) is 9. The predicted octanol–water partition coefficient (Wildman–Crippen LogP) is 1.73. The Hall–Kier alpha value is -3.67. The van der Waals surface area contributed by atoms with E-state index in [4.69, 9.17) is 10.2 Å². The van der Waals surface area contributed by atoms with Gasteiger partial charge in [-0.15, -0.1) is 0 Å². The van der Waals surface area contributed by atoms with E-state index < -0.39 is 37.6 Å². The highest BCUT2D eigenvalue weighted by atomic mass is 16.6. The van der Waals surface area contributed by atoms with Gasteiger partial charge in [-0.05, 0) is 12.1 Å². The molecule has 2 aromatic rings. The molecule has 0 aliphatic heterocycles.